The summed E-state index contributed by atoms with van der Waals surface area (Å²) in [6.45, 7) is -0.471. The standard InChI is InChI=1S/C11H16F2N2O2/c12-10(13)7-17-4-2-9(16)5-8-1-3-15-11(14)6-8/h1,3,6,9-10,16H,2,4-5,7H2,(H2,14,15). The average molecular weight is 246 g/mol. The van der Waals surface area contributed by atoms with Crippen molar-refractivity contribution in [2.45, 2.75) is 25.4 Å². The molecule has 1 atom stereocenters. The van der Waals surface area contributed by atoms with Crippen molar-refractivity contribution in [3.05, 3.63) is 23.9 Å². The minimum atomic E-state index is -2.47. The molecule has 1 heterocycles. The van der Waals surface area contributed by atoms with Crippen molar-refractivity contribution < 1.29 is 18.6 Å². The molecule has 1 unspecified atom stereocenters. The molecule has 96 valence electrons. The lowest BCUT2D eigenvalue weighted by molar-refractivity contribution is 0.00512. The molecule has 0 amide bonds. The normalized spacial score (nSPS) is 12.9. The molecule has 3 N–H and O–H groups in total. The summed E-state index contributed by atoms with van der Waals surface area (Å²) in [5.41, 5.74) is 6.35. The minimum absolute atomic E-state index is 0.117. The third-order valence-electron chi connectivity index (χ3n) is 2.16. The van der Waals surface area contributed by atoms with Crippen molar-refractivity contribution in [2.24, 2.45) is 0 Å². The van der Waals surface area contributed by atoms with Crippen LogP contribution in [-0.2, 0) is 11.2 Å². The molecule has 0 radical (unpaired) electrons. The fraction of sp³-hybridized carbons (Fsp3) is 0.545. The molecule has 0 bridgehead atoms. The number of alkyl halides is 2. The van der Waals surface area contributed by atoms with Crippen molar-refractivity contribution in [1.82, 2.24) is 4.98 Å². The Kier molecular flexibility index (Phi) is 5.79. The molecule has 0 saturated heterocycles. The van der Waals surface area contributed by atoms with Crippen LogP contribution in [0.1, 0.15) is 12.0 Å². The van der Waals surface area contributed by atoms with E-state index in [0.717, 1.165) is 5.56 Å². The van der Waals surface area contributed by atoms with E-state index in [1.165, 1.54) is 0 Å². The maximum Gasteiger partial charge on any atom is 0.261 e. The molecule has 0 aromatic carbocycles. The number of pyridine rings is 1. The van der Waals surface area contributed by atoms with E-state index in [4.69, 9.17) is 5.73 Å². The molecule has 4 nitrogen and oxygen atoms in total. The number of hydrogen-bond acceptors (Lipinski definition) is 4. The highest BCUT2D eigenvalue weighted by Crippen LogP contribution is 2.08. The molecule has 0 aliphatic rings. The van der Waals surface area contributed by atoms with E-state index in [9.17, 15) is 13.9 Å². The van der Waals surface area contributed by atoms with Gasteiger partial charge in [0, 0.05) is 12.8 Å². The zero-order valence-corrected chi connectivity index (χ0v) is 9.35. The number of nitrogens with zero attached hydrogens (tertiary/aromatic N) is 1. The first-order valence-electron chi connectivity index (χ1n) is 5.32. The van der Waals surface area contributed by atoms with E-state index in [1.807, 2.05) is 0 Å². The number of nitrogen functional groups attached to an aromatic ring is 1. The van der Waals surface area contributed by atoms with Gasteiger partial charge < -0.3 is 15.6 Å². The van der Waals surface area contributed by atoms with Gasteiger partial charge in [-0.05, 0) is 30.5 Å². The fourth-order valence-electron chi connectivity index (χ4n) is 1.39. The largest absolute Gasteiger partial charge is 0.393 e. The van der Waals surface area contributed by atoms with Gasteiger partial charge in [0.1, 0.15) is 12.4 Å². The summed E-state index contributed by atoms with van der Waals surface area (Å²) in [6, 6.07) is 3.42. The van der Waals surface area contributed by atoms with Crippen LogP contribution in [0.2, 0.25) is 0 Å². The SMILES string of the molecule is Nc1cc(CC(O)CCOCC(F)F)ccn1. The number of anilines is 1. The molecule has 1 aromatic heterocycles. The van der Waals surface area contributed by atoms with Crippen molar-refractivity contribution in [1.29, 1.82) is 0 Å². The topological polar surface area (TPSA) is 68.4 Å². The molecule has 1 rings (SSSR count). The van der Waals surface area contributed by atoms with Crippen LogP contribution >= 0.6 is 0 Å². The molecule has 0 saturated carbocycles. The molecule has 1 aromatic rings. The Labute approximate surface area is 98.4 Å². The smallest absolute Gasteiger partial charge is 0.261 e. The monoisotopic (exact) mass is 246 g/mol. The molecule has 0 aliphatic carbocycles. The van der Waals surface area contributed by atoms with E-state index in [0.29, 0.717) is 18.7 Å². The lowest BCUT2D eigenvalue weighted by Crippen LogP contribution is -2.15. The number of rotatable bonds is 7. The Morgan fingerprint density at radius 2 is 2.24 bits per heavy atom. The van der Waals surface area contributed by atoms with Crippen molar-refractivity contribution in [2.75, 3.05) is 18.9 Å². The van der Waals surface area contributed by atoms with Crippen molar-refractivity contribution in [3.8, 4) is 0 Å². The molecule has 17 heavy (non-hydrogen) atoms. The van der Waals surface area contributed by atoms with Gasteiger partial charge in [-0.25, -0.2) is 13.8 Å². The van der Waals surface area contributed by atoms with E-state index in [2.05, 4.69) is 9.72 Å². The van der Waals surface area contributed by atoms with Crippen LogP contribution in [0.3, 0.4) is 0 Å². The Hall–Kier alpha value is -1.27. The zero-order valence-electron chi connectivity index (χ0n) is 9.35. The number of aliphatic hydroxyl groups is 1. The summed E-state index contributed by atoms with van der Waals surface area (Å²) in [7, 11) is 0. The van der Waals surface area contributed by atoms with Crippen LogP contribution in [-0.4, -0.2) is 35.8 Å². The first-order chi connectivity index (χ1) is 8.08. The van der Waals surface area contributed by atoms with Crippen molar-refractivity contribution >= 4 is 5.82 Å². The second-order valence-corrected chi connectivity index (χ2v) is 3.70. The van der Waals surface area contributed by atoms with E-state index >= 15 is 0 Å². The van der Waals surface area contributed by atoms with Crippen LogP contribution in [0.5, 0.6) is 0 Å². The van der Waals surface area contributed by atoms with Gasteiger partial charge in [0.15, 0.2) is 0 Å². The number of aliphatic hydroxyl groups excluding tert-OH is 1. The third kappa shape index (κ3) is 6.13. The van der Waals surface area contributed by atoms with Crippen LogP contribution < -0.4 is 5.73 Å². The van der Waals surface area contributed by atoms with Gasteiger partial charge in [-0.15, -0.1) is 0 Å². The fourth-order valence-corrected chi connectivity index (χ4v) is 1.39. The van der Waals surface area contributed by atoms with Gasteiger partial charge in [0.2, 0.25) is 0 Å². The molecular weight excluding hydrogens is 230 g/mol. The highest BCUT2D eigenvalue weighted by Gasteiger charge is 2.07. The summed E-state index contributed by atoms with van der Waals surface area (Å²) in [4.78, 5) is 3.83. The van der Waals surface area contributed by atoms with Gasteiger partial charge in [0.25, 0.3) is 6.43 Å². The predicted molar refractivity (Wildman–Crippen MR) is 59.8 cm³/mol. The molecule has 0 spiro atoms. The Morgan fingerprint density at radius 3 is 2.88 bits per heavy atom. The van der Waals surface area contributed by atoms with Gasteiger partial charge in [0.05, 0.1) is 6.10 Å². The Morgan fingerprint density at radius 1 is 1.47 bits per heavy atom. The average Bonchev–Trinajstić information content (AvgIpc) is 2.24. The minimum Gasteiger partial charge on any atom is -0.393 e. The first-order valence-corrected chi connectivity index (χ1v) is 5.32. The second-order valence-electron chi connectivity index (χ2n) is 3.70. The van der Waals surface area contributed by atoms with Crippen LogP contribution in [0, 0.1) is 0 Å². The maximum atomic E-state index is 11.7. The Balaban J connectivity index is 2.23. The summed E-state index contributed by atoms with van der Waals surface area (Å²) in [5, 5.41) is 9.63. The van der Waals surface area contributed by atoms with Crippen LogP contribution in [0.4, 0.5) is 14.6 Å². The molecule has 6 heteroatoms. The van der Waals surface area contributed by atoms with Crippen molar-refractivity contribution in [3.63, 3.8) is 0 Å². The van der Waals surface area contributed by atoms with E-state index < -0.39 is 19.1 Å². The third-order valence-corrected chi connectivity index (χ3v) is 2.16. The summed E-state index contributed by atoms with van der Waals surface area (Å²) in [5.74, 6) is 0.392. The Bertz CT molecular complexity index is 337. The second kappa shape index (κ2) is 7.13. The van der Waals surface area contributed by atoms with Gasteiger partial charge >= 0.3 is 0 Å². The molecule has 0 fully saturated rings. The maximum absolute atomic E-state index is 11.7. The zero-order chi connectivity index (χ0) is 12.7. The number of halogens is 2. The van der Waals surface area contributed by atoms with Crippen LogP contribution in [0.25, 0.3) is 0 Å². The molecule has 0 aliphatic heterocycles. The first kappa shape index (κ1) is 13.8. The van der Waals surface area contributed by atoms with E-state index in [-0.39, 0.29) is 6.61 Å². The van der Waals surface area contributed by atoms with Gasteiger partial charge in [-0.1, -0.05) is 0 Å². The number of hydrogen-bond donors (Lipinski definition) is 2. The summed E-state index contributed by atoms with van der Waals surface area (Å²) < 4.78 is 28.2. The predicted octanol–water partition coefficient (Wildman–Crippen LogP) is 1.24. The van der Waals surface area contributed by atoms with Gasteiger partial charge in [-0.2, -0.15) is 0 Å². The lowest BCUT2D eigenvalue weighted by atomic mass is 10.1. The number of aromatic nitrogens is 1. The van der Waals surface area contributed by atoms with Crippen LogP contribution in [0.15, 0.2) is 18.3 Å². The number of ether oxygens (including phenoxy) is 1. The molecular formula is C11H16F2N2O2. The summed E-state index contributed by atoms with van der Waals surface area (Å²) >= 11 is 0. The number of nitrogens with two attached hydrogens (primary N) is 1. The van der Waals surface area contributed by atoms with Gasteiger partial charge in [-0.3, -0.25) is 0 Å². The lowest BCUT2D eigenvalue weighted by Gasteiger charge is -2.11. The summed E-state index contributed by atoms with van der Waals surface area (Å²) in [6.07, 6.45) is -0.814. The highest BCUT2D eigenvalue weighted by molar-refractivity contribution is 5.32. The van der Waals surface area contributed by atoms with E-state index in [1.54, 1.807) is 18.3 Å². The quantitative estimate of drug-likeness (QED) is 0.710. The highest BCUT2D eigenvalue weighted by atomic mass is 19.3.